The fourth-order valence-electron chi connectivity index (χ4n) is 1.88. The second-order valence-electron chi connectivity index (χ2n) is 4.61. The summed E-state index contributed by atoms with van der Waals surface area (Å²) in [6, 6.07) is 8.39. The van der Waals surface area contributed by atoms with E-state index in [4.69, 9.17) is 0 Å². The number of sulfonamides is 1. The molecular weight excluding hydrogens is 294 g/mol. The fraction of sp³-hybridized carbons (Fsp3) is 0.214. The highest BCUT2D eigenvalue weighted by Gasteiger charge is 2.21. The minimum absolute atomic E-state index is 0.129. The maximum absolute atomic E-state index is 12.2. The smallest absolute Gasteiger partial charge is 0.267 e. The van der Waals surface area contributed by atoms with E-state index in [0.29, 0.717) is 10.4 Å². The number of aryl methyl sites for hydroxylation is 3. The van der Waals surface area contributed by atoms with Crippen molar-refractivity contribution in [3.05, 3.63) is 51.2 Å². The van der Waals surface area contributed by atoms with Crippen molar-refractivity contribution in [2.24, 2.45) is 0 Å². The minimum atomic E-state index is -3.84. The van der Waals surface area contributed by atoms with Crippen molar-refractivity contribution in [3.8, 4) is 0 Å². The summed E-state index contributed by atoms with van der Waals surface area (Å²) < 4.78 is 26.6. The van der Waals surface area contributed by atoms with Gasteiger partial charge in [0, 0.05) is 4.88 Å². The van der Waals surface area contributed by atoms with Gasteiger partial charge in [0.05, 0.1) is 9.77 Å². The molecule has 0 fully saturated rings. The lowest BCUT2D eigenvalue weighted by Crippen LogP contribution is -2.30. The highest BCUT2D eigenvalue weighted by Crippen LogP contribution is 2.19. The Labute approximate surface area is 122 Å². The van der Waals surface area contributed by atoms with Crippen molar-refractivity contribution in [3.63, 3.8) is 0 Å². The first-order chi connectivity index (χ1) is 9.29. The molecule has 0 radical (unpaired) electrons. The number of hydrogen-bond donors (Lipinski definition) is 1. The standard InChI is InChI=1S/C14H15NO3S2/c1-9-4-7-13(10(2)8-9)20(17,18)15-14(16)12-6-5-11(3)19-12/h4-8H,1-3H3,(H,15,16). The Balaban J connectivity index is 2.29. The Morgan fingerprint density at radius 2 is 1.80 bits per heavy atom. The Bertz CT molecular complexity index is 760. The van der Waals surface area contributed by atoms with Gasteiger partial charge in [-0.3, -0.25) is 4.79 Å². The largest absolute Gasteiger partial charge is 0.275 e. The van der Waals surface area contributed by atoms with Crippen molar-refractivity contribution in [1.29, 1.82) is 0 Å². The van der Waals surface area contributed by atoms with Gasteiger partial charge in [0.15, 0.2) is 0 Å². The lowest BCUT2D eigenvalue weighted by Gasteiger charge is -2.09. The van der Waals surface area contributed by atoms with Crippen LogP contribution in [-0.2, 0) is 10.0 Å². The Morgan fingerprint density at radius 3 is 2.35 bits per heavy atom. The number of carbonyl (C=O) groups is 1. The third kappa shape index (κ3) is 3.08. The van der Waals surface area contributed by atoms with Crippen LogP contribution in [-0.4, -0.2) is 14.3 Å². The summed E-state index contributed by atoms with van der Waals surface area (Å²) in [5.41, 5.74) is 1.59. The van der Waals surface area contributed by atoms with Crippen LogP contribution in [0.25, 0.3) is 0 Å². The summed E-state index contributed by atoms with van der Waals surface area (Å²) in [7, 11) is -3.84. The molecule has 0 atom stereocenters. The molecule has 2 rings (SSSR count). The topological polar surface area (TPSA) is 63.2 Å². The van der Waals surface area contributed by atoms with E-state index in [2.05, 4.69) is 4.72 Å². The predicted octanol–water partition coefficient (Wildman–Crippen LogP) is 2.79. The molecule has 0 saturated heterocycles. The van der Waals surface area contributed by atoms with Crippen LogP contribution in [0.4, 0.5) is 0 Å². The zero-order valence-corrected chi connectivity index (χ0v) is 13.1. The van der Waals surface area contributed by atoms with E-state index in [-0.39, 0.29) is 4.90 Å². The summed E-state index contributed by atoms with van der Waals surface area (Å²) in [6.45, 7) is 5.46. The summed E-state index contributed by atoms with van der Waals surface area (Å²) in [5.74, 6) is -0.594. The van der Waals surface area contributed by atoms with Crippen molar-refractivity contribution >= 4 is 27.3 Å². The van der Waals surface area contributed by atoms with Crippen LogP contribution in [0.5, 0.6) is 0 Å². The minimum Gasteiger partial charge on any atom is -0.267 e. The first kappa shape index (κ1) is 14.7. The summed E-state index contributed by atoms with van der Waals surface area (Å²) in [5, 5.41) is 0. The normalized spacial score (nSPS) is 11.3. The molecule has 0 aliphatic carbocycles. The van der Waals surface area contributed by atoms with Crippen LogP contribution in [0.1, 0.15) is 25.7 Å². The van der Waals surface area contributed by atoms with Gasteiger partial charge in [-0.25, -0.2) is 13.1 Å². The molecule has 106 valence electrons. The quantitative estimate of drug-likeness (QED) is 0.948. The molecule has 1 aromatic carbocycles. The van der Waals surface area contributed by atoms with Gasteiger partial charge in [-0.05, 0) is 44.5 Å². The SMILES string of the molecule is Cc1ccc(S(=O)(=O)NC(=O)c2ccc(C)s2)c(C)c1. The molecule has 1 N–H and O–H groups in total. The van der Waals surface area contributed by atoms with Crippen LogP contribution in [0, 0.1) is 20.8 Å². The number of amides is 1. The lowest BCUT2D eigenvalue weighted by molar-refractivity contribution is 0.0985. The average Bonchev–Trinajstić information content (AvgIpc) is 2.74. The van der Waals surface area contributed by atoms with E-state index in [0.717, 1.165) is 10.4 Å². The molecular formula is C14H15NO3S2. The molecule has 0 bridgehead atoms. The zero-order valence-electron chi connectivity index (χ0n) is 11.4. The Morgan fingerprint density at radius 1 is 1.10 bits per heavy atom. The first-order valence-electron chi connectivity index (χ1n) is 6.00. The molecule has 20 heavy (non-hydrogen) atoms. The van der Waals surface area contributed by atoms with Gasteiger partial charge in [-0.2, -0.15) is 0 Å². The van der Waals surface area contributed by atoms with E-state index in [1.807, 2.05) is 13.8 Å². The molecule has 0 aliphatic heterocycles. The van der Waals surface area contributed by atoms with Gasteiger partial charge < -0.3 is 0 Å². The molecule has 1 aromatic heterocycles. The fourth-order valence-corrected chi connectivity index (χ4v) is 3.91. The van der Waals surface area contributed by atoms with Gasteiger partial charge in [-0.1, -0.05) is 17.7 Å². The van der Waals surface area contributed by atoms with Crippen molar-refractivity contribution in [2.75, 3.05) is 0 Å². The maximum atomic E-state index is 12.2. The van der Waals surface area contributed by atoms with Gasteiger partial charge in [0.2, 0.25) is 0 Å². The predicted molar refractivity (Wildman–Crippen MR) is 79.6 cm³/mol. The highest BCUT2D eigenvalue weighted by molar-refractivity contribution is 7.90. The van der Waals surface area contributed by atoms with E-state index in [9.17, 15) is 13.2 Å². The van der Waals surface area contributed by atoms with Crippen molar-refractivity contribution < 1.29 is 13.2 Å². The van der Waals surface area contributed by atoms with Crippen molar-refractivity contribution in [2.45, 2.75) is 25.7 Å². The van der Waals surface area contributed by atoms with Crippen LogP contribution in [0.15, 0.2) is 35.2 Å². The van der Waals surface area contributed by atoms with Crippen molar-refractivity contribution in [1.82, 2.24) is 4.72 Å². The average molecular weight is 309 g/mol. The summed E-state index contributed by atoms with van der Waals surface area (Å²) in [6.07, 6.45) is 0. The Hall–Kier alpha value is -1.66. The highest BCUT2D eigenvalue weighted by atomic mass is 32.2. The number of carbonyl (C=O) groups excluding carboxylic acids is 1. The lowest BCUT2D eigenvalue weighted by atomic mass is 10.2. The van der Waals surface area contributed by atoms with Gasteiger partial charge in [0.1, 0.15) is 0 Å². The molecule has 2 aromatic rings. The number of rotatable bonds is 3. The Kier molecular flexibility index (Phi) is 3.96. The number of hydrogen-bond acceptors (Lipinski definition) is 4. The molecule has 1 amide bonds. The van der Waals surface area contributed by atoms with Crippen LogP contribution in [0.3, 0.4) is 0 Å². The monoisotopic (exact) mass is 309 g/mol. The summed E-state index contributed by atoms with van der Waals surface area (Å²) in [4.78, 5) is 13.4. The van der Waals surface area contributed by atoms with Gasteiger partial charge in [0.25, 0.3) is 15.9 Å². The van der Waals surface area contributed by atoms with Crippen LogP contribution >= 0.6 is 11.3 Å². The van der Waals surface area contributed by atoms with E-state index in [1.165, 1.54) is 17.4 Å². The third-order valence-electron chi connectivity index (χ3n) is 2.81. The summed E-state index contributed by atoms with van der Waals surface area (Å²) >= 11 is 1.26. The molecule has 4 nitrogen and oxygen atoms in total. The maximum Gasteiger partial charge on any atom is 0.275 e. The zero-order chi connectivity index (χ0) is 14.9. The van der Waals surface area contributed by atoms with E-state index in [1.54, 1.807) is 31.2 Å². The number of thiophene rings is 1. The number of nitrogens with one attached hydrogen (secondary N) is 1. The molecule has 0 unspecified atom stereocenters. The second-order valence-corrected chi connectivity index (χ2v) is 7.55. The van der Waals surface area contributed by atoms with Gasteiger partial charge in [-0.15, -0.1) is 11.3 Å². The molecule has 0 saturated carbocycles. The first-order valence-corrected chi connectivity index (χ1v) is 8.30. The molecule has 1 heterocycles. The second kappa shape index (κ2) is 5.38. The number of benzene rings is 1. The third-order valence-corrected chi connectivity index (χ3v) is 5.30. The van der Waals surface area contributed by atoms with E-state index >= 15 is 0 Å². The van der Waals surface area contributed by atoms with E-state index < -0.39 is 15.9 Å². The van der Waals surface area contributed by atoms with Crippen LogP contribution in [0.2, 0.25) is 0 Å². The van der Waals surface area contributed by atoms with Crippen LogP contribution < -0.4 is 4.72 Å². The molecule has 0 spiro atoms. The molecule has 0 aliphatic rings. The molecule has 6 heteroatoms. The van der Waals surface area contributed by atoms with Gasteiger partial charge >= 0.3 is 0 Å².